The first-order chi connectivity index (χ1) is 13.3. The maximum atomic E-state index is 12.7. The fourth-order valence-electron chi connectivity index (χ4n) is 3.15. The van der Waals surface area contributed by atoms with Crippen molar-refractivity contribution in [3.05, 3.63) is 54.6 Å². The minimum atomic E-state index is -0.210. The lowest BCUT2D eigenvalue weighted by Crippen LogP contribution is -2.41. The van der Waals surface area contributed by atoms with E-state index in [4.69, 9.17) is 9.26 Å². The number of carbonyl (C=O) groups is 1. The molecule has 27 heavy (non-hydrogen) atoms. The first kappa shape index (κ1) is 17.1. The summed E-state index contributed by atoms with van der Waals surface area (Å²) in [5.74, 6) is 1.47. The van der Waals surface area contributed by atoms with Gasteiger partial charge in [-0.3, -0.25) is 4.79 Å². The van der Waals surface area contributed by atoms with E-state index in [-0.39, 0.29) is 18.6 Å². The van der Waals surface area contributed by atoms with Crippen LogP contribution in [0.5, 0.6) is 5.75 Å². The van der Waals surface area contributed by atoms with Gasteiger partial charge in [-0.05, 0) is 37.5 Å². The third-order valence-electron chi connectivity index (χ3n) is 4.50. The number of hydrogen-bond donors (Lipinski definition) is 0. The molecule has 0 radical (unpaired) electrons. The van der Waals surface area contributed by atoms with E-state index in [2.05, 4.69) is 20.3 Å². The lowest BCUT2D eigenvalue weighted by atomic mass is 10.0. The second-order valence-electron chi connectivity index (χ2n) is 6.29. The van der Waals surface area contributed by atoms with Crippen LogP contribution in [0.3, 0.4) is 0 Å². The van der Waals surface area contributed by atoms with E-state index in [0.717, 1.165) is 19.3 Å². The average molecular weight is 365 g/mol. The van der Waals surface area contributed by atoms with Crippen LogP contribution < -0.4 is 4.74 Å². The number of ether oxygens (including phenoxy) is 1. The van der Waals surface area contributed by atoms with Gasteiger partial charge in [-0.1, -0.05) is 23.4 Å². The van der Waals surface area contributed by atoms with Crippen molar-refractivity contribution in [2.45, 2.75) is 25.3 Å². The standard InChI is InChI=1S/C19H19N5O3/c25-17(13-26-15-6-2-1-3-7-15)24-11-5-4-8-16(24)18-22-19(27-23-18)14-9-10-20-21-12-14/h1-3,6-7,9-10,12,16H,4-5,8,11,13H2/t16-/m1/s1. The van der Waals surface area contributed by atoms with Crippen molar-refractivity contribution < 1.29 is 14.1 Å². The van der Waals surface area contributed by atoms with Crippen molar-refractivity contribution in [3.8, 4) is 17.2 Å². The largest absolute Gasteiger partial charge is 0.484 e. The van der Waals surface area contributed by atoms with E-state index in [9.17, 15) is 4.79 Å². The van der Waals surface area contributed by atoms with Gasteiger partial charge >= 0.3 is 0 Å². The summed E-state index contributed by atoms with van der Waals surface area (Å²) in [5.41, 5.74) is 0.699. The zero-order valence-electron chi connectivity index (χ0n) is 14.7. The molecule has 0 spiro atoms. The summed E-state index contributed by atoms with van der Waals surface area (Å²) in [6.07, 6.45) is 5.89. The van der Waals surface area contributed by atoms with E-state index in [1.807, 2.05) is 30.3 Å². The van der Waals surface area contributed by atoms with Crippen molar-refractivity contribution in [1.82, 2.24) is 25.2 Å². The van der Waals surface area contributed by atoms with Crippen molar-refractivity contribution in [3.63, 3.8) is 0 Å². The van der Waals surface area contributed by atoms with E-state index >= 15 is 0 Å². The first-order valence-electron chi connectivity index (χ1n) is 8.89. The van der Waals surface area contributed by atoms with Crippen LogP contribution in [0.1, 0.15) is 31.1 Å². The van der Waals surface area contributed by atoms with Crippen LogP contribution in [-0.2, 0) is 4.79 Å². The Balaban J connectivity index is 1.47. The highest BCUT2D eigenvalue weighted by molar-refractivity contribution is 5.78. The highest BCUT2D eigenvalue weighted by Crippen LogP contribution is 2.30. The number of para-hydroxylation sites is 1. The van der Waals surface area contributed by atoms with Gasteiger partial charge in [0.1, 0.15) is 5.75 Å². The molecule has 1 aliphatic heterocycles. The van der Waals surface area contributed by atoms with Gasteiger partial charge in [-0.2, -0.15) is 15.2 Å². The predicted octanol–water partition coefficient (Wildman–Crippen LogP) is 2.66. The van der Waals surface area contributed by atoms with Gasteiger partial charge in [0.15, 0.2) is 12.4 Å². The topological polar surface area (TPSA) is 94.2 Å². The maximum absolute atomic E-state index is 12.7. The number of benzene rings is 1. The Morgan fingerprint density at radius 2 is 2.07 bits per heavy atom. The summed E-state index contributed by atoms with van der Waals surface area (Å²) in [6.45, 7) is 0.641. The summed E-state index contributed by atoms with van der Waals surface area (Å²) >= 11 is 0. The Bertz CT molecular complexity index is 885. The van der Waals surface area contributed by atoms with Crippen LogP contribution in [0.4, 0.5) is 0 Å². The van der Waals surface area contributed by atoms with Crippen LogP contribution in [0.2, 0.25) is 0 Å². The molecular weight excluding hydrogens is 346 g/mol. The normalized spacial score (nSPS) is 16.9. The van der Waals surface area contributed by atoms with Gasteiger partial charge in [0.25, 0.3) is 11.8 Å². The number of carbonyl (C=O) groups excluding carboxylic acids is 1. The molecule has 0 bridgehead atoms. The van der Waals surface area contributed by atoms with Crippen LogP contribution in [-0.4, -0.2) is 44.3 Å². The second kappa shape index (κ2) is 7.94. The van der Waals surface area contributed by atoms with Crippen molar-refractivity contribution >= 4 is 5.91 Å². The molecule has 3 heterocycles. The quantitative estimate of drug-likeness (QED) is 0.686. The summed E-state index contributed by atoms with van der Waals surface area (Å²) < 4.78 is 11.0. The lowest BCUT2D eigenvalue weighted by molar-refractivity contribution is -0.137. The molecule has 8 heteroatoms. The molecule has 1 aromatic carbocycles. The summed E-state index contributed by atoms with van der Waals surface area (Å²) in [6, 6.07) is 10.8. The highest BCUT2D eigenvalue weighted by Gasteiger charge is 2.31. The van der Waals surface area contributed by atoms with Gasteiger partial charge in [0.2, 0.25) is 0 Å². The molecule has 4 rings (SSSR count). The molecular formula is C19H19N5O3. The number of piperidine rings is 1. The minimum absolute atomic E-state index is 0.0144. The Kier molecular flexibility index (Phi) is 5.04. The molecule has 1 fully saturated rings. The fraction of sp³-hybridized carbons (Fsp3) is 0.316. The van der Waals surface area contributed by atoms with Crippen LogP contribution >= 0.6 is 0 Å². The maximum Gasteiger partial charge on any atom is 0.261 e. The Hall–Kier alpha value is -3.29. The Labute approximate surface area is 156 Å². The van der Waals surface area contributed by atoms with E-state index in [1.54, 1.807) is 23.4 Å². The molecule has 1 saturated heterocycles. The minimum Gasteiger partial charge on any atom is -0.484 e. The zero-order chi connectivity index (χ0) is 18.5. The van der Waals surface area contributed by atoms with Gasteiger partial charge in [-0.25, -0.2) is 0 Å². The van der Waals surface area contributed by atoms with Gasteiger partial charge in [-0.15, -0.1) is 0 Å². The molecule has 0 N–H and O–H groups in total. The predicted molar refractivity (Wildman–Crippen MR) is 95.6 cm³/mol. The molecule has 1 amide bonds. The number of aromatic nitrogens is 4. The molecule has 138 valence electrons. The SMILES string of the molecule is O=C(COc1ccccc1)N1CCCC[C@@H]1c1noc(-c2ccnnc2)n1. The molecule has 0 unspecified atom stereocenters. The van der Waals surface area contributed by atoms with Gasteiger partial charge < -0.3 is 14.2 Å². The lowest BCUT2D eigenvalue weighted by Gasteiger charge is -2.33. The third-order valence-corrected chi connectivity index (χ3v) is 4.50. The van der Waals surface area contributed by atoms with E-state index in [0.29, 0.717) is 29.6 Å². The molecule has 1 aliphatic rings. The fourth-order valence-corrected chi connectivity index (χ4v) is 3.15. The third kappa shape index (κ3) is 3.94. The number of rotatable bonds is 5. The molecule has 0 aliphatic carbocycles. The molecule has 3 aromatic rings. The monoisotopic (exact) mass is 365 g/mol. The number of likely N-dealkylation sites (tertiary alicyclic amines) is 1. The first-order valence-corrected chi connectivity index (χ1v) is 8.89. The Morgan fingerprint density at radius 1 is 1.19 bits per heavy atom. The molecule has 1 atom stereocenters. The van der Waals surface area contributed by atoms with Gasteiger partial charge in [0, 0.05) is 6.54 Å². The smallest absolute Gasteiger partial charge is 0.261 e. The molecule has 0 saturated carbocycles. The van der Waals surface area contributed by atoms with Crippen molar-refractivity contribution in [2.75, 3.05) is 13.2 Å². The van der Waals surface area contributed by atoms with Gasteiger partial charge in [0.05, 0.1) is 24.0 Å². The van der Waals surface area contributed by atoms with Crippen molar-refractivity contribution in [2.24, 2.45) is 0 Å². The number of amides is 1. The summed E-state index contributed by atoms with van der Waals surface area (Å²) in [4.78, 5) is 19.0. The molecule has 2 aromatic heterocycles. The summed E-state index contributed by atoms with van der Waals surface area (Å²) in [7, 11) is 0. The number of hydrogen-bond acceptors (Lipinski definition) is 7. The van der Waals surface area contributed by atoms with E-state index < -0.39 is 0 Å². The average Bonchev–Trinajstić information content (AvgIpc) is 3.23. The highest BCUT2D eigenvalue weighted by atomic mass is 16.5. The zero-order valence-corrected chi connectivity index (χ0v) is 14.7. The molecule has 8 nitrogen and oxygen atoms in total. The van der Waals surface area contributed by atoms with E-state index in [1.165, 1.54) is 0 Å². The second-order valence-corrected chi connectivity index (χ2v) is 6.29. The van der Waals surface area contributed by atoms with Crippen LogP contribution in [0.15, 0.2) is 53.3 Å². The van der Waals surface area contributed by atoms with Crippen molar-refractivity contribution in [1.29, 1.82) is 0 Å². The van der Waals surface area contributed by atoms with Crippen LogP contribution in [0, 0.1) is 0 Å². The Morgan fingerprint density at radius 3 is 2.89 bits per heavy atom. The summed E-state index contributed by atoms with van der Waals surface area (Å²) in [5, 5.41) is 11.7. The van der Waals surface area contributed by atoms with Crippen LogP contribution in [0.25, 0.3) is 11.5 Å². The number of nitrogens with zero attached hydrogens (tertiary/aromatic N) is 5.